The molecule has 0 bridgehead atoms. The molecule has 2 heteroatoms. The first kappa shape index (κ1) is 8.47. The summed E-state index contributed by atoms with van der Waals surface area (Å²) in [4.78, 5) is 0. The van der Waals surface area contributed by atoms with Crippen LogP contribution >= 0.6 is 13.5 Å². The lowest BCUT2D eigenvalue weighted by molar-refractivity contribution is 0.288. The predicted molar refractivity (Wildman–Crippen MR) is 50.6 cm³/mol. The van der Waals surface area contributed by atoms with E-state index in [0.29, 0.717) is 0 Å². The van der Waals surface area contributed by atoms with E-state index in [2.05, 4.69) is 12.1 Å². The summed E-state index contributed by atoms with van der Waals surface area (Å²) in [7, 11) is 0. The van der Waals surface area contributed by atoms with Crippen LogP contribution in [0.5, 0.6) is 5.75 Å². The minimum Gasteiger partial charge on any atom is -0.493 e. The first-order valence-corrected chi connectivity index (χ1v) is 3.67. The molecule has 1 nitrogen and oxygen atoms in total. The number of hydrogen-bond donors (Lipinski definition) is 0. The Bertz CT molecular complexity index is 210. The largest absolute Gasteiger partial charge is 0.493 e. The third kappa shape index (κ3) is 1.69. The van der Waals surface area contributed by atoms with Crippen molar-refractivity contribution in [2.75, 3.05) is 6.61 Å². The molecule has 1 aromatic rings. The van der Waals surface area contributed by atoms with Crippen molar-refractivity contribution in [3.05, 3.63) is 29.8 Å². The summed E-state index contributed by atoms with van der Waals surface area (Å²) in [5.74, 6) is 1.08. The van der Waals surface area contributed by atoms with Crippen molar-refractivity contribution in [3.8, 4) is 5.75 Å². The van der Waals surface area contributed by atoms with Gasteiger partial charge in [-0.1, -0.05) is 18.2 Å². The highest BCUT2D eigenvalue weighted by atomic mass is 32.1. The number of hydrogen-bond acceptors (Lipinski definition) is 1. The van der Waals surface area contributed by atoms with Crippen molar-refractivity contribution < 1.29 is 4.74 Å². The standard InChI is InChI=1S/C9H10O.H2S/c1-2-6-9-8(4-1)5-3-7-10-9;/h1-2,4,6H,3,5,7H2;1H2. The van der Waals surface area contributed by atoms with Crippen LogP contribution in [0.15, 0.2) is 24.3 Å². The maximum Gasteiger partial charge on any atom is 0.122 e. The fraction of sp³-hybridized carbons (Fsp3) is 0.333. The molecule has 0 aliphatic carbocycles. The molecule has 0 aromatic heterocycles. The van der Waals surface area contributed by atoms with Gasteiger partial charge in [0.15, 0.2) is 0 Å². The lowest BCUT2D eigenvalue weighted by Crippen LogP contribution is -2.07. The summed E-state index contributed by atoms with van der Waals surface area (Å²) in [5, 5.41) is 0. The first-order valence-electron chi connectivity index (χ1n) is 3.67. The minimum atomic E-state index is 0. The summed E-state index contributed by atoms with van der Waals surface area (Å²) < 4.78 is 5.42. The van der Waals surface area contributed by atoms with Gasteiger partial charge in [-0.05, 0) is 24.5 Å². The van der Waals surface area contributed by atoms with Gasteiger partial charge in [0, 0.05) is 0 Å². The van der Waals surface area contributed by atoms with E-state index < -0.39 is 0 Å². The van der Waals surface area contributed by atoms with E-state index in [9.17, 15) is 0 Å². The van der Waals surface area contributed by atoms with Gasteiger partial charge in [0.2, 0.25) is 0 Å². The van der Waals surface area contributed by atoms with Gasteiger partial charge < -0.3 is 4.74 Å². The Kier molecular flexibility index (Phi) is 2.83. The normalized spacial score (nSPS) is 14.2. The second kappa shape index (κ2) is 3.67. The van der Waals surface area contributed by atoms with Gasteiger partial charge in [-0.3, -0.25) is 0 Å². The predicted octanol–water partition coefficient (Wildman–Crippen LogP) is 2.12. The fourth-order valence-electron chi connectivity index (χ4n) is 1.30. The summed E-state index contributed by atoms with van der Waals surface area (Å²) in [6.45, 7) is 0.886. The average molecular weight is 168 g/mol. The Hall–Kier alpha value is -0.630. The van der Waals surface area contributed by atoms with Crippen LogP contribution in [0.2, 0.25) is 0 Å². The Labute approximate surface area is 73.8 Å². The Morgan fingerprint density at radius 3 is 2.82 bits per heavy atom. The van der Waals surface area contributed by atoms with Crippen molar-refractivity contribution >= 4 is 13.5 Å². The van der Waals surface area contributed by atoms with E-state index in [1.165, 1.54) is 12.0 Å². The van der Waals surface area contributed by atoms with Crippen LogP contribution in [0.25, 0.3) is 0 Å². The molecule has 0 amide bonds. The van der Waals surface area contributed by atoms with E-state index in [4.69, 9.17) is 4.74 Å². The van der Waals surface area contributed by atoms with E-state index in [1.54, 1.807) is 0 Å². The summed E-state index contributed by atoms with van der Waals surface area (Å²) in [5.41, 5.74) is 1.36. The summed E-state index contributed by atoms with van der Waals surface area (Å²) in [6, 6.07) is 8.25. The van der Waals surface area contributed by atoms with Crippen molar-refractivity contribution in [2.45, 2.75) is 12.8 Å². The smallest absolute Gasteiger partial charge is 0.122 e. The molecule has 0 atom stereocenters. The molecule has 60 valence electrons. The molecule has 0 radical (unpaired) electrons. The van der Waals surface area contributed by atoms with Crippen LogP contribution in [0, 0.1) is 0 Å². The van der Waals surface area contributed by atoms with Crippen molar-refractivity contribution in [1.82, 2.24) is 0 Å². The SMILES string of the molecule is S.c1ccc2c(c1)CCCO2. The number of para-hydroxylation sites is 1. The molecule has 2 rings (SSSR count). The highest BCUT2D eigenvalue weighted by Gasteiger charge is 2.06. The highest BCUT2D eigenvalue weighted by Crippen LogP contribution is 2.22. The van der Waals surface area contributed by atoms with E-state index in [1.807, 2.05) is 12.1 Å². The van der Waals surface area contributed by atoms with Crippen molar-refractivity contribution in [3.63, 3.8) is 0 Å². The van der Waals surface area contributed by atoms with Gasteiger partial charge in [-0.25, -0.2) is 0 Å². The van der Waals surface area contributed by atoms with Gasteiger partial charge in [-0.15, -0.1) is 0 Å². The summed E-state index contributed by atoms with van der Waals surface area (Å²) >= 11 is 0. The maximum absolute atomic E-state index is 5.42. The van der Waals surface area contributed by atoms with E-state index in [-0.39, 0.29) is 13.5 Å². The Morgan fingerprint density at radius 2 is 2.00 bits per heavy atom. The first-order chi connectivity index (χ1) is 4.97. The quantitative estimate of drug-likeness (QED) is 0.576. The molecule has 0 spiro atoms. The molecule has 0 fully saturated rings. The molecule has 1 heterocycles. The average Bonchev–Trinajstić information content (AvgIpc) is 2.05. The lowest BCUT2D eigenvalue weighted by atomic mass is 10.1. The molecule has 1 aliphatic heterocycles. The molecule has 0 saturated carbocycles. The van der Waals surface area contributed by atoms with E-state index in [0.717, 1.165) is 18.8 Å². The lowest BCUT2D eigenvalue weighted by Gasteiger charge is -2.15. The molecular weight excluding hydrogens is 156 g/mol. The molecular formula is C9H12OS. The monoisotopic (exact) mass is 168 g/mol. The van der Waals surface area contributed by atoms with Crippen molar-refractivity contribution in [1.29, 1.82) is 0 Å². The topological polar surface area (TPSA) is 9.23 Å². The van der Waals surface area contributed by atoms with Gasteiger partial charge in [0.25, 0.3) is 0 Å². The molecule has 0 unspecified atom stereocenters. The number of rotatable bonds is 0. The van der Waals surface area contributed by atoms with Gasteiger partial charge in [0.1, 0.15) is 5.75 Å². The zero-order chi connectivity index (χ0) is 6.81. The van der Waals surface area contributed by atoms with Gasteiger partial charge in [0.05, 0.1) is 6.61 Å². The third-order valence-electron chi connectivity index (χ3n) is 1.82. The second-order valence-corrected chi connectivity index (χ2v) is 2.56. The molecule has 1 aromatic carbocycles. The number of ether oxygens (including phenoxy) is 1. The zero-order valence-electron chi connectivity index (χ0n) is 6.34. The third-order valence-corrected chi connectivity index (χ3v) is 1.82. The van der Waals surface area contributed by atoms with Gasteiger partial charge >= 0.3 is 0 Å². The molecule has 1 aliphatic rings. The maximum atomic E-state index is 5.42. The van der Waals surface area contributed by atoms with Crippen LogP contribution in [0.1, 0.15) is 12.0 Å². The number of benzene rings is 1. The minimum absolute atomic E-state index is 0. The van der Waals surface area contributed by atoms with Crippen LogP contribution in [-0.2, 0) is 6.42 Å². The second-order valence-electron chi connectivity index (χ2n) is 2.56. The van der Waals surface area contributed by atoms with E-state index >= 15 is 0 Å². The Balaban J connectivity index is 0.000000605. The Morgan fingerprint density at radius 1 is 1.18 bits per heavy atom. The van der Waals surface area contributed by atoms with Crippen LogP contribution in [0.3, 0.4) is 0 Å². The molecule has 0 N–H and O–H groups in total. The number of fused-ring (bicyclic) bond motifs is 1. The molecule has 0 saturated heterocycles. The van der Waals surface area contributed by atoms with Crippen LogP contribution in [-0.4, -0.2) is 6.61 Å². The van der Waals surface area contributed by atoms with Crippen LogP contribution in [0.4, 0.5) is 0 Å². The van der Waals surface area contributed by atoms with Crippen molar-refractivity contribution in [2.24, 2.45) is 0 Å². The van der Waals surface area contributed by atoms with Gasteiger partial charge in [-0.2, -0.15) is 13.5 Å². The van der Waals surface area contributed by atoms with Crippen LogP contribution < -0.4 is 4.74 Å². The number of aryl methyl sites for hydroxylation is 1. The summed E-state index contributed by atoms with van der Waals surface area (Å²) in [6.07, 6.45) is 2.34. The zero-order valence-corrected chi connectivity index (χ0v) is 7.34. The highest BCUT2D eigenvalue weighted by molar-refractivity contribution is 7.59. The fourth-order valence-corrected chi connectivity index (χ4v) is 1.30. The molecule has 11 heavy (non-hydrogen) atoms.